The molecule has 3 N–H and O–H groups in total. The molecule has 3 amide bonds. The standard InChI is InChI=1S/C8H13N3O3/c1-9-7(13)4-11-8(14)5-2-6(12)10-3-5/h5H,2-4H2,1H3,(H,9,13)(H,10,12)(H,11,14). The molecule has 0 aromatic carbocycles. The summed E-state index contributed by atoms with van der Waals surface area (Å²) in [5.41, 5.74) is 0. The van der Waals surface area contributed by atoms with E-state index < -0.39 is 0 Å². The van der Waals surface area contributed by atoms with Crippen LogP contribution in [0.15, 0.2) is 0 Å². The van der Waals surface area contributed by atoms with Crippen molar-refractivity contribution >= 4 is 17.7 Å². The number of hydrogen-bond donors (Lipinski definition) is 3. The van der Waals surface area contributed by atoms with Gasteiger partial charge in [-0.3, -0.25) is 14.4 Å². The molecule has 0 spiro atoms. The topological polar surface area (TPSA) is 87.3 Å². The largest absolute Gasteiger partial charge is 0.358 e. The maximum Gasteiger partial charge on any atom is 0.239 e. The maximum absolute atomic E-state index is 11.3. The minimum atomic E-state index is -0.341. The van der Waals surface area contributed by atoms with Gasteiger partial charge in [0.15, 0.2) is 0 Å². The van der Waals surface area contributed by atoms with Crippen LogP contribution in [0.25, 0.3) is 0 Å². The molecule has 0 aromatic heterocycles. The second kappa shape index (κ2) is 4.59. The summed E-state index contributed by atoms with van der Waals surface area (Å²) in [4.78, 5) is 32.9. The van der Waals surface area contributed by atoms with Crippen LogP contribution in [0.1, 0.15) is 6.42 Å². The molecular formula is C8H13N3O3. The van der Waals surface area contributed by atoms with Crippen LogP contribution in [-0.2, 0) is 14.4 Å². The van der Waals surface area contributed by atoms with Crippen LogP contribution in [0.4, 0.5) is 0 Å². The molecule has 6 nitrogen and oxygen atoms in total. The molecule has 1 unspecified atom stereocenters. The molecule has 0 aliphatic carbocycles. The Morgan fingerprint density at radius 3 is 2.79 bits per heavy atom. The Bertz CT molecular complexity index is 265. The number of carbonyl (C=O) groups excluding carboxylic acids is 3. The van der Waals surface area contributed by atoms with Crippen molar-refractivity contribution < 1.29 is 14.4 Å². The average Bonchev–Trinajstić information content (AvgIpc) is 2.60. The smallest absolute Gasteiger partial charge is 0.239 e. The lowest BCUT2D eigenvalue weighted by molar-refractivity contribution is -0.128. The van der Waals surface area contributed by atoms with Crippen molar-refractivity contribution in [3.8, 4) is 0 Å². The summed E-state index contributed by atoms with van der Waals surface area (Å²) in [6.45, 7) is 0.318. The van der Waals surface area contributed by atoms with Gasteiger partial charge in [-0.25, -0.2) is 0 Å². The first kappa shape index (κ1) is 10.5. The molecule has 1 fully saturated rings. The van der Waals surface area contributed by atoms with Crippen molar-refractivity contribution in [1.29, 1.82) is 0 Å². The van der Waals surface area contributed by atoms with Crippen LogP contribution in [0.5, 0.6) is 0 Å². The van der Waals surface area contributed by atoms with Gasteiger partial charge in [-0.15, -0.1) is 0 Å². The van der Waals surface area contributed by atoms with E-state index in [4.69, 9.17) is 0 Å². The lowest BCUT2D eigenvalue weighted by Gasteiger charge is -2.07. The number of amides is 3. The SMILES string of the molecule is CNC(=O)CNC(=O)C1CNC(=O)C1. The van der Waals surface area contributed by atoms with Gasteiger partial charge in [-0.05, 0) is 0 Å². The first-order chi connectivity index (χ1) is 6.63. The Hall–Kier alpha value is -1.59. The van der Waals surface area contributed by atoms with E-state index in [-0.39, 0.29) is 36.6 Å². The Morgan fingerprint density at radius 2 is 2.29 bits per heavy atom. The lowest BCUT2D eigenvalue weighted by atomic mass is 10.1. The van der Waals surface area contributed by atoms with Gasteiger partial charge in [0.05, 0.1) is 12.5 Å². The first-order valence-corrected chi connectivity index (χ1v) is 4.38. The zero-order chi connectivity index (χ0) is 10.6. The fraction of sp³-hybridized carbons (Fsp3) is 0.625. The van der Waals surface area contributed by atoms with Gasteiger partial charge in [-0.1, -0.05) is 0 Å². The van der Waals surface area contributed by atoms with Crippen LogP contribution >= 0.6 is 0 Å². The molecule has 1 saturated heterocycles. The quantitative estimate of drug-likeness (QED) is 0.490. The predicted octanol–water partition coefficient (Wildman–Crippen LogP) is -2.02. The zero-order valence-electron chi connectivity index (χ0n) is 7.92. The van der Waals surface area contributed by atoms with Crippen LogP contribution in [0.2, 0.25) is 0 Å². The first-order valence-electron chi connectivity index (χ1n) is 4.38. The summed E-state index contributed by atoms with van der Waals surface area (Å²) in [5, 5.41) is 7.39. The summed E-state index contributed by atoms with van der Waals surface area (Å²) in [6, 6.07) is 0. The Labute approximate surface area is 81.4 Å². The monoisotopic (exact) mass is 199 g/mol. The molecule has 0 aromatic rings. The molecule has 14 heavy (non-hydrogen) atoms. The van der Waals surface area contributed by atoms with Gasteiger partial charge in [0, 0.05) is 20.0 Å². The van der Waals surface area contributed by atoms with Crippen molar-refractivity contribution in [3.63, 3.8) is 0 Å². The van der Waals surface area contributed by atoms with Gasteiger partial charge in [0.25, 0.3) is 0 Å². The summed E-state index contributed by atoms with van der Waals surface area (Å²) in [6.07, 6.45) is 0.208. The fourth-order valence-electron chi connectivity index (χ4n) is 1.19. The summed E-state index contributed by atoms with van der Waals surface area (Å²) in [7, 11) is 1.50. The van der Waals surface area contributed by atoms with Crippen molar-refractivity contribution in [2.24, 2.45) is 5.92 Å². The molecule has 78 valence electrons. The highest BCUT2D eigenvalue weighted by atomic mass is 16.2. The molecule has 0 radical (unpaired) electrons. The minimum absolute atomic E-state index is 0.0416. The number of nitrogens with one attached hydrogen (secondary N) is 3. The van der Waals surface area contributed by atoms with E-state index in [1.807, 2.05) is 0 Å². The molecule has 0 bridgehead atoms. The number of rotatable bonds is 3. The van der Waals surface area contributed by atoms with Gasteiger partial charge >= 0.3 is 0 Å². The lowest BCUT2D eigenvalue weighted by Crippen LogP contribution is -2.38. The maximum atomic E-state index is 11.3. The summed E-state index contributed by atoms with van der Waals surface area (Å²) >= 11 is 0. The molecule has 1 atom stereocenters. The Morgan fingerprint density at radius 1 is 1.57 bits per heavy atom. The second-order valence-corrected chi connectivity index (χ2v) is 3.10. The molecule has 0 saturated carbocycles. The minimum Gasteiger partial charge on any atom is -0.358 e. The highest BCUT2D eigenvalue weighted by molar-refractivity contribution is 5.91. The molecule has 6 heteroatoms. The van der Waals surface area contributed by atoms with Gasteiger partial charge < -0.3 is 16.0 Å². The van der Waals surface area contributed by atoms with E-state index in [1.165, 1.54) is 7.05 Å². The fourth-order valence-corrected chi connectivity index (χ4v) is 1.19. The van der Waals surface area contributed by atoms with Crippen LogP contribution in [0.3, 0.4) is 0 Å². The summed E-state index contributed by atoms with van der Waals surface area (Å²) < 4.78 is 0. The summed E-state index contributed by atoms with van der Waals surface area (Å²) in [5.74, 6) is -0.972. The Kier molecular flexibility index (Phi) is 3.44. The number of carbonyl (C=O) groups is 3. The number of likely N-dealkylation sites (N-methyl/N-ethyl adjacent to an activating group) is 1. The van der Waals surface area contributed by atoms with E-state index in [0.29, 0.717) is 6.54 Å². The number of hydrogen-bond acceptors (Lipinski definition) is 3. The van der Waals surface area contributed by atoms with Gasteiger partial charge in [-0.2, -0.15) is 0 Å². The third-order valence-corrected chi connectivity index (χ3v) is 2.05. The van der Waals surface area contributed by atoms with E-state index in [2.05, 4.69) is 16.0 Å². The molecule has 1 rings (SSSR count). The zero-order valence-corrected chi connectivity index (χ0v) is 7.92. The highest BCUT2D eigenvalue weighted by Gasteiger charge is 2.27. The predicted molar refractivity (Wildman–Crippen MR) is 48.2 cm³/mol. The molecule has 1 aliphatic heterocycles. The third-order valence-electron chi connectivity index (χ3n) is 2.05. The van der Waals surface area contributed by atoms with E-state index >= 15 is 0 Å². The second-order valence-electron chi connectivity index (χ2n) is 3.10. The van der Waals surface area contributed by atoms with E-state index in [9.17, 15) is 14.4 Å². The van der Waals surface area contributed by atoms with Gasteiger partial charge in [0.1, 0.15) is 0 Å². The van der Waals surface area contributed by atoms with Gasteiger partial charge in [0.2, 0.25) is 17.7 Å². The van der Waals surface area contributed by atoms with E-state index in [1.54, 1.807) is 0 Å². The van der Waals surface area contributed by atoms with Crippen LogP contribution in [-0.4, -0.2) is 37.9 Å². The molecular weight excluding hydrogens is 186 g/mol. The van der Waals surface area contributed by atoms with E-state index in [0.717, 1.165) is 0 Å². The molecule has 1 heterocycles. The van der Waals surface area contributed by atoms with Crippen LogP contribution < -0.4 is 16.0 Å². The highest BCUT2D eigenvalue weighted by Crippen LogP contribution is 2.07. The van der Waals surface area contributed by atoms with Crippen molar-refractivity contribution in [2.75, 3.05) is 20.1 Å². The van der Waals surface area contributed by atoms with Crippen LogP contribution in [0, 0.1) is 5.92 Å². The van der Waals surface area contributed by atoms with Crippen molar-refractivity contribution in [3.05, 3.63) is 0 Å². The third kappa shape index (κ3) is 2.72. The van der Waals surface area contributed by atoms with Crippen molar-refractivity contribution in [1.82, 2.24) is 16.0 Å². The Balaban J connectivity index is 2.28. The average molecular weight is 199 g/mol. The van der Waals surface area contributed by atoms with Crippen molar-refractivity contribution in [2.45, 2.75) is 6.42 Å². The molecule has 1 aliphatic rings. The normalized spacial score (nSPS) is 20.1.